The van der Waals surface area contributed by atoms with Crippen LogP contribution in [-0.4, -0.2) is 49.6 Å². The predicted molar refractivity (Wildman–Crippen MR) is 138 cm³/mol. The Balaban J connectivity index is 1.84. The standard InChI is InChI=1S/C29H29NO7/c1-5-37-21-12-8-19(9-13-21)26-25(27(31)23-15-14-22(35-3)16-24(23)36-4)28(32)29(33)30(26)17-18-6-10-20(34-2)11-7-18/h6-16,26,31H,5,17H2,1-4H3/b27-25-. The number of carbonyl (C=O) groups is 2. The van der Waals surface area contributed by atoms with Crippen LogP contribution in [0.15, 0.2) is 72.3 Å². The highest BCUT2D eigenvalue weighted by molar-refractivity contribution is 6.46. The lowest BCUT2D eigenvalue weighted by atomic mass is 9.94. The Morgan fingerprint density at radius 3 is 2.05 bits per heavy atom. The number of hydrogen-bond donors (Lipinski definition) is 1. The molecule has 0 aliphatic carbocycles. The van der Waals surface area contributed by atoms with Crippen LogP contribution in [0.2, 0.25) is 0 Å². The summed E-state index contributed by atoms with van der Waals surface area (Å²) in [6, 6.07) is 18.4. The molecule has 1 aliphatic rings. The van der Waals surface area contributed by atoms with Crippen molar-refractivity contribution in [2.24, 2.45) is 0 Å². The smallest absolute Gasteiger partial charge is 0.295 e. The van der Waals surface area contributed by atoms with E-state index >= 15 is 0 Å². The first-order valence-corrected chi connectivity index (χ1v) is 11.8. The molecule has 4 rings (SSSR count). The quantitative estimate of drug-likeness (QED) is 0.256. The van der Waals surface area contributed by atoms with Gasteiger partial charge in [-0.25, -0.2) is 0 Å². The van der Waals surface area contributed by atoms with Gasteiger partial charge in [-0.1, -0.05) is 24.3 Å². The van der Waals surface area contributed by atoms with Crippen LogP contribution in [0.25, 0.3) is 5.76 Å². The van der Waals surface area contributed by atoms with E-state index in [1.54, 1.807) is 61.7 Å². The van der Waals surface area contributed by atoms with E-state index in [-0.39, 0.29) is 23.4 Å². The molecule has 8 heteroatoms. The number of hydrogen-bond acceptors (Lipinski definition) is 7. The number of carbonyl (C=O) groups excluding carboxylic acids is 2. The first-order chi connectivity index (χ1) is 17.9. The lowest BCUT2D eigenvalue weighted by Crippen LogP contribution is -2.29. The lowest BCUT2D eigenvalue weighted by Gasteiger charge is -2.26. The van der Waals surface area contributed by atoms with Crippen molar-refractivity contribution in [3.8, 4) is 23.0 Å². The van der Waals surface area contributed by atoms with E-state index in [0.29, 0.717) is 35.2 Å². The van der Waals surface area contributed by atoms with Crippen LogP contribution < -0.4 is 18.9 Å². The van der Waals surface area contributed by atoms with Crippen molar-refractivity contribution in [1.29, 1.82) is 0 Å². The molecule has 1 heterocycles. The number of Topliss-reactive ketones (excluding diaryl/α,β-unsaturated/α-hetero) is 1. The number of nitrogens with zero attached hydrogens (tertiary/aromatic N) is 1. The number of ether oxygens (including phenoxy) is 4. The van der Waals surface area contributed by atoms with Crippen molar-refractivity contribution < 1.29 is 33.6 Å². The third-order valence-electron chi connectivity index (χ3n) is 6.22. The van der Waals surface area contributed by atoms with Crippen LogP contribution in [0, 0.1) is 0 Å². The maximum absolute atomic E-state index is 13.4. The van der Waals surface area contributed by atoms with Crippen LogP contribution in [0.1, 0.15) is 29.7 Å². The Labute approximate surface area is 215 Å². The van der Waals surface area contributed by atoms with Crippen molar-refractivity contribution >= 4 is 17.4 Å². The molecule has 1 fully saturated rings. The van der Waals surface area contributed by atoms with E-state index in [0.717, 1.165) is 5.56 Å². The molecule has 0 saturated carbocycles. The molecule has 1 atom stereocenters. The normalized spacial score (nSPS) is 16.5. The molecule has 1 N–H and O–H groups in total. The maximum atomic E-state index is 13.4. The van der Waals surface area contributed by atoms with Crippen LogP contribution in [0.5, 0.6) is 23.0 Å². The Kier molecular flexibility index (Phi) is 7.67. The topological polar surface area (TPSA) is 94.5 Å². The second kappa shape index (κ2) is 11.1. The monoisotopic (exact) mass is 503 g/mol. The molecule has 1 aliphatic heterocycles. The molecule has 3 aromatic carbocycles. The largest absolute Gasteiger partial charge is 0.507 e. The van der Waals surface area contributed by atoms with Crippen LogP contribution in [0.4, 0.5) is 0 Å². The predicted octanol–water partition coefficient (Wildman–Crippen LogP) is 4.73. The summed E-state index contributed by atoms with van der Waals surface area (Å²) in [5, 5.41) is 11.4. The number of ketones is 1. The molecular formula is C29H29NO7. The highest BCUT2D eigenvalue weighted by atomic mass is 16.5. The van der Waals surface area contributed by atoms with Crippen molar-refractivity contribution in [1.82, 2.24) is 4.90 Å². The van der Waals surface area contributed by atoms with E-state index in [9.17, 15) is 14.7 Å². The van der Waals surface area contributed by atoms with Gasteiger partial charge < -0.3 is 29.0 Å². The average Bonchev–Trinajstić information content (AvgIpc) is 3.18. The van der Waals surface area contributed by atoms with Crippen molar-refractivity contribution in [3.63, 3.8) is 0 Å². The van der Waals surface area contributed by atoms with Gasteiger partial charge in [0.2, 0.25) is 0 Å². The summed E-state index contributed by atoms with van der Waals surface area (Å²) in [7, 11) is 4.55. The van der Waals surface area contributed by atoms with E-state index in [2.05, 4.69) is 0 Å². The Morgan fingerprint density at radius 1 is 0.838 bits per heavy atom. The van der Waals surface area contributed by atoms with E-state index in [1.165, 1.54) is 19.1 Å². The zero-order valence-electron chi connectivity index (χ0n) is 21.2. The molecule has 8 nitrogen and oxygen atoms in total. The summed E-state index contributed by atoms with van der Waals surface area (Å²) >= 11 is 0. The first-order valence-electron chi connectivity index (χ1n) is 11.8. The van der Waals surface area contributed by atoms with Crippen LogP contribution in [-0.2, 0) is 16.1 Å². The van der Waals surface area contributed by atoms with E-state index in [1.807, 2.05) is 19.1 Å². The fraction of sp³-hybridized carbons (Fsp3) is 0.241. The number of likely N-dealkylation sites (tertiary alicyclic amines) is 1. The molecule has 192 valence electrons. The molecule has 0 spiro atoms. The molecule has 3 aromatic rings. The van der Waals surface area contributed by atoms with Crippen LogP contribution in [0.3, 0.4) is 0 Å². The van der Waals surface area contributed by atoms with E-state index in [4.69, 9.17) is 18.9 Å². The van der Waals surface area contributed by atoms with Crippen molar-refractivity contribution in [3.05, 3.63) is 89.0 Å². The molecule has 1 saturated heterocycles. The number of amides is 1. The number of benzene rings is 3. The van der Waals surface area contributed by atoms with Crippen molar-refractivity contribution in [2.45, 2.75) is 19.5 Å². The molecule has 0 bridgehead atoms. The summed E-state index contributed by atoms with van der Waals surface area (Å²) in [5.74, 6) is 0.371. The Bertz CT molecular complexity index is 1310. The molecule has 0 aromatic heterocycles. The van der Waals surface area contributed by atoms with Gasteiger partial charge in [0.05, 0.1) is 45.1 Å². The second-order valence-corrected chi connectivity index (χ2v) is 8.34. The second-order valence-electron chi connectivity index (χ2n) is 8.34. The van der Waals surface area contributed by atoms with Gasteiger partial charge in [0, 0.05) is 12.6 Å². The fourth-order valence-electron chi connectivity index (χ4n) is 4.37. The zero-order valence-corrected chi connectivity index (χ0v) is 21.2. The zero-order chi connectivity index (χ0) is 26.5. The SMILES string of the molecule is CCOc1ccc(C2/C(=C(/O)c3ccc(OC)cc3OC)C(=O)C(=O)N2Cc2ccc(OC)cc2)cc1. The minimum Gasteiger partial charge on any atom is -0.507 e. The highest BCUT2D eigenvalue weighted by Gasteiger charge is 2.46. The minimum absolute atomic E-state index is 0.0221. The van der Waals surface area contributed by atoms with Crippen molar-refractivity contribution in [2.75, 3.05) is 27.9 Å². The molecule has 37 heavy (non-hydrogen) atoms. The number of aliphatic hydroxyl groups is 1. The highest BCUT2D eigenvalue weighted by Crippen LogP contribution is 2.42. The van der Waals surface area contributed by atoms with Gasteiger partial charge in [0.25, 0.3) is 11.7 Å². The van der Waals surface area contributed by atoms with Gasteiger partial charge >= 0.3 is 0 Å². The third-order valence-corrected chi connectivity index (χ3v) is 6.22. The van der Waals surface area contributed by atoms with Crippen LogP contribution >= 0.6 is 0 Å². The Morgan fingerprint density at radius 2 is 1.46 bits per heavy atom. The number of aliphatic hydroxyl groups excluding tert-OH is 1. The first kappa shape index (κ1) is 25.6. The lowest BCUT2D eigenvalue weighted by molar-refractivity contribution is -0.140. The van der Waals surface area contributed by atoms with Gasteiger partial charge in [-0.2, -0.15) is 0 Å². The number of methoxy groups -OCH3 is 3. The molecule has 0 radical (unpaired) electrons. The molecular weight excluding hydrogens is 474 g/mol. The van der Waals surface area contributed by atoms with E-state index < -0.39 is 17.7 Å². The summed E-state index contributed by atoms with van der Waals surface area (Å²) in [6.07, 6.45) is 0. The van der Waals surface area contributed by atoms with Gasteiger partial charge in [0.1, 0.15) is 28.8 Å². The summed E-state index contributed by atoms with van der Waals surface area (Å²) < 4.78 is 21.5. The minimum atomic E-state index is -0.829. The fourth-order valence-corrected chi connectivity index (χ4v) is 4.37. The summed E-state index contributed by atoms with van der Waals surface area (Å²) in [6.45, 7) is 2.55. The average molecular weight is 504 g/mol. The third kappa shape index (κ3) is 5.09. The maximum Gasteiger partial charge on any atom is 0.295 e. The van der Waals surface area contributed by atoms with Gasteiger partial charge in [-0.3, -0.25) is 9.59 Å². The summed E-state index contributed by atoms with van der Waals surface area (Å²) in [5.41, 5.74) is 1.72. The van der Waals surface area contributed by atoms with Gasteiger partial charge in [-0.15, -0.1) is 0 Å². The molecule has 1 amide bonds. The molecule has 1 unspecified atom stereocenters. The van der Waals surface area contributed by atoms with Gasteiger partial charge in [0.15, 0.2) is 0 Å². The van der Waals surface area contributed by atoms with Gasteiger partial charge in [-0.05, 0) is 54.4 Å². The number of rotatable bonds is 9. The summed E-state index contributed by atoms with van der Waals surface area (Å²) in [4.78, 5) is 28.2. The Hall–Kier alpha value is -4.46.